The number of benzene rings is 1. The summed E-state index contributed by atoms with van der Waals surface area (Å²) in [7, 11) is 0. The third-order valence-electron chi connectivity index (χ3n) is 18.1. The Morgan fingerprint density at radius 3 is 1.51 bits per heavy atom. The van der Waals surface area contributed by atoms with E-state index in [0.29, 0.717) is 63.6 Å². The molecule has 0 aliphatic heterocycles. The maximum atomic E-state index is 13.9. The van der Waals surface area contributed by atoms with Crippen molar-refractivity contribution in [3.63, 3.8) is 0 Å². The molecule has 1 aromatic carbocycles. The van der Waals surface area contributed by atoms with Crippen molar-refractivity contribution in [1.82, 2.24) is 26.6 Å². The van der Waals surface area contributed by atoms with E-state index in [-0.39, 0.29) is 88.3 Å². The zero-order chi connectivity index (χ0) is 74.6. The number of carbonyl (C=O) groups excluding carboxylic acids is 9. The van der Waals surface area contributed by atoms with Crippen molar-refractivity contribution < 1.29 is 102 Å². The average molecular weight is 1430 g/mol. The summed E-state index contributed by atoms with van der Waals surface area (Å²) >= 11 is 0. The smallest absolute Gasteiger partial charge is 0.306 e. The van der Waals surface area contributed by atoms with E-state index in [1.807, 2.05) is 19.1 Å². The van der Waals surface area contributed by atoms with Crippen molar-refractivity contribution in [2.75, 3.05) is 51.4 Å². The number of nitrogens with one attached hydrogen (secondary N) is 6. The molecule has 0 radical (unpaired) electrons. The minimum Gasteiger partial charge on any atom is -0.481 e. The number of carboxylic acids is 5. The van der Waals surface area contributed by atoms with Crippen LogP contribution in [0.4, 0.5) is 5.69 Å². The topological polar surface area (TPSA) is 457 Å². The monoisotopic (exact) mass is 1430 g/mol. The van der Waals surface area contributed by atoms with Gasteiger partial charge in [-0.1, -0.05) is 96.8 Å². The number of aliphatic carboxylic acids is 5. The quantitative estimate of drug-likeness (QED) is 0.0272. The maximum Gasteiger partial charge on any atom is 0.306 e. The molecule has 570 valence electrons. The number of nitrogens with two attached hydrogens (primary N) is 1. The van der Waals surface area contributed by atoms with Gasteiger partial charge in [-0.05, 0) is 126 Å². The van der Waals surface area contributed by atoms with Crippen LogP contribution in [-0.4, -0.2) is 172 Å². The van der Waals surface area contributed by atoms with Gasteiger partial charge >= 0.3 is 29.8 Å². The Hall–Kier alpha value is -7.88. The molecule has 0 spiro atoms. The first kappa shape index (κ1) is 89.2. The van der Waals surface area contributed by atoms with Gasteiger partial charge in [0.05, 0.1) is 31.2 Å². The summed E-state index contributed by atoms with van der Waals surface area (Å²) in [6.07, 6.45) is 18.1. The molecule has 0 aromatic heterocycles. The van der Waals surface area contributed by atoms with Crippen LogP contribution >= 0.6 is 0 Å². The number of ketones is 3. The molecule has 1 aromatic rings. The fourth-order valence-electron chi connectivity index (χ4n) is 12.0. The normalized spacial score (nSPS) is 14.9. The zero-order valence-electron chi connectivity index (χ0n) is 59.5. The van der Waals surface area contributed by atoms with Gasteiger partial charge in [0.15, 0.2) is 11.6 Å². The van der Waals surface area contributed by atoms with E-state index in [2.05, 4.69) is 31.9 Å². The minimum atomic E-state index is -1.53. The molecule has 28 nitrogen and oxygen atoms in total. The number of amides is 6. The number of unbranched alkanes of at least 4 members (excludes halogenated alkanes) is 16. The van der Waals surface area contributed by atoms with Crippen LogP contribution < -0.4 is 37.6 Å². The molecule has 6 amide bonds. The van der Waals surface area contributed by atoms with Crippen LogP contribution in [0.5, 0.6) is 0 Å². The number of carboxylic acid groups (broad SMARTS) is 5. The number of hydrogen-bond acceptors (Lipinski definition) is 17. The van der Waals surface area contributed by atoms with Gasteiger partial charge in [-0.15, -0.1) is 0 Å². The van der Waals surface area contributed by atoms with Crippen LogP contribution in [0, 0.1) is 23.7 Å². The third kappa shape index (κ3) is 44.9. The Kier molecular flexibility index (Phi) is 48.4. The maximum absolute atomic E-state index is 13.9. The second kappa shape index (κ2) is 54.8. The second-order valence-electron chi connectivity index (χ2n) is 26.7. The Morgan fingerprint density at radius 1 is 0.455 bits per heavy atom. The second-order valence-corrected chi connectivity index (χ2v) is 26.7. The minimum absolute atomic E-state index is 0.00524. The summed E-state index contributed by atoms with van der Waals surface area (Å²) in [4.78, 5) is 176. The molecule has 1 unspecified atom stereocenters. The van der Waals surface area contributed by atoms with E-state index in [4.69, 9.17) is 20.3 Å². The van der Waals surface area contributed by atoms with Crippen LogP contribution in [-0.2, 0) is 71.8 Å². The molecular formula is C73H117N7O21. The van der Waals surface area contributed by atoms with E-state index >= 15 is 0 Å². The molecule has 1 fully saturated rings. The Balaban J connectivity index is 1.78. The average Bonchev–Trinajstić information content (AvgIpc) is 0.904. The largest absolute Gasteiger partial charge is 0.481 e. The molecule has 1 saturated carbocycles. The molecule has 5 atom stereocenters. The molecule has 0 bridgehead atoms. The number of anilines is 1. The van der Waals surface area contributed by atoms with Crippen molar-refractivity contribution in [2.45, 2.75) is 269 Å². The molecule has 1 aliphatic carbocycles. The fraction of sp³-hybridized carbons (Fsp3) is 0.726. The van der Waals surface area contributed by atoms with Gasteiger partial charge in [-0.2, -0.15) is 0 Å². The van der Waals surface area contributed by atoms with Gasteiger partial charge in [-0.25, -0.2) is 0 Å². The summed E-state index contributed by atoms with van der Waals surface area (Å²) in [5, 5.41) is 63.8. The summed E-state index contributed by atoms with van der Waals surface area (Å²) in [6.45, 7) is 3.15. The predicted octanol–water partition coefficient (Wildman–Crippen LogP) is 8.37. The van der Waals surface area contributed by atoms with Crippen LogP contribution in [0.3, 0.4) is 0 Å². The highest BCUT2D eigenvalue weighted by Gasteiger charge is 2.34. The fourth-order valence-corrected chi connectivity index (χ4v) is 12.0. The molecule has 101 heavy (non-hydrogen) atoms. The highest BCUT2D eigenvalue weighted by Crippen LogP contribution is 2.31. The summed E-state index contributed by atoms with van der Waals surface area (Å²) in [6, 6.07) is 3.16. The summed E-state index contributed by atoms with van der Waals surface area (Å²) in [5.41, 5.74) is 6.92. The van der Waals surface area contributed by atoms with Gasteiger partial charge in [0.2, 0.25) is 29.5 Å². The van der Waals surface area contributed by atoms with E-state index < -0.39 is 152 Å². The zero-order valence-corrected chi connectivity index (χ0v) is 59.5. The Labute approximate surface area is 594 Å². The SMILES string of the molecule is CCCNc1ccc(C(=O)NCCCC[C@H](NC(=O)COCCOCCCC(=O)[C@H](CCC(=O)O)NC(=O)[C@H](CCC(=O)O)CC(=O)[C@H](CCC(=O)O)NC(=O)CCC(CC(=O)C2CCC(CNC(=O)CCCCCCCCCCCCCCCCCCC(=O)O)CC2)C(=O)O)C(N)=O)cc1. The lowest BCUT2D eigenvalue weighted by Crippen LogP contribution is -2.46. The number of Topliss-reactive ketones (excluding diaryl/α,β-unsaturated/α-hetero) is 3. The molecule has 13 N–H and O–H groups in total. The first-order chi connectivity index (χ1) is 48.4. The number of ether oxygens (including phenoxy) is 2. The highest BCUT2D eigenvalue weighted by atomic mass is 16.5. The number of primary amides is 1. The van der Waals surface area contributed by atoms with Crippen molar-refractivity contribution in [2.24, 2.45) is 29.4 Å². The Morgan fingerprint density at radius 2 is 0.970 bits per heavy atom. The van der Waals surface area contributed by atoms with Gasteiger partial charge in [0.1, 0.15) is 18.4 Å². The summed E-state index contributed by atoms with van der Waals surface area (Å²) in [5.74, 6) is -14.2. The lowest BCUT2D eigenvalue weighted by atomic mass is 9.78. The van der Waals surface area contributed by atoms with Crippen molar-refractivity contribution in [3.8, 4) is 0 Å². The van der Waals surface area contributed by atoms with Gasteiger partial charge in [0, 0.05) is 107 Å². The van der Waals surface area contributed by atoms with Crippen molar-refractivity contribution >= 4 is 88.3 Å². The van der Waals surface area contributed by atoms with Crippen molar-refractivity contribution in [3.05, 3.63) is 29.8 Å². The van der Waals surface area contributed by atoms with Gasteiger partial charge in [-0.3, -0.25) is 67.1 Å². The highest BCUT2D eigenvalue weighted by molar-refractivity contribution is 5.96. The molecule has 2 rings (SSSR count). The van der Waals surface area contributed by atoms with Crippen LogP contribution in [0.25, 0.3) is 0 Å². The number of carbonyl (C=O) groups is 14. The Bertz CT molecular complexity index is 2700. The standard InChI is InChI=1S/C73H117N7O21/c1-2-42-75-56-34-30-53(31-35-56)71(96)76-43-20-19-22-59(70(74)95)79-65(86)50-101-46-45-100-44-21-23-60(81)57(36-40-68(91)92)80-72(97)54(33-39-67(89)90)47-62(83)58(37-41-69(93)94)78-64(85)38-32-55(73(98)99)48-61(82)52-28-26-51(27-29-52)49-77-63(84)24-17-15-13-11-9-7-5-3-4-6-8-10-12-14-16-18-25-66(87)88/h30-31,34-35,51-52,54-55,57-59,75H,2-29,32-33,36-50H2,1H3,(H2,74,95)(H,76,96)(H,77,84)(H,78,85)(H,79,86)(H,80,97)(H,87,88)(H,89,90)(H,91,92)(H,93,94)(H,98,99)/t51?,52?,54-,55?,57+,58+,59+/m1/s1. The molecule has 28 heteroatoms. The van der Waals surface area contributed by atoms with E-state index in [1.165, 1.54) is 57.8 Å². The number of rotatable bonds is 64. The first-order valence-corrected chi connectivity index (χ1v) is 36.8. The number of hydrogen-bond donors (Lipinski definition) is 12. The summed E-state index contributed by atoms with van der Waals surface area (Å²) < 4.78 is 10.9. The van der Waals surface area contributed by atoms with Gasteiger partial charge in [0.25, 0.3) is 5.91 Å². The van der Waals surface area contributed by atoms with Crippen LogP contribution in [0.1, 0.15) is 261 Å². The van der Waals surface area contributed by atoms with E-state index in [0.717, 1.165) is 63.6 Å². The molecule has 0 heterocycles. The lowest BCUT2D eigenvalue weighted by molar-refractivity contribution is -0.145. The first-order valence-electron chi connectivity index (χ1n) is 36.8. The third-order valence-corrected chi connectivity index (χ3v) is 18.1. The van der Waals surface area contributed by atoms with E-state index in [1.54, 1.807) is 12.1 Å². The van der Waals surface area contributed by atoms with Gasteiger partial charge < -0.3 is 72.6 Å². The molecule has 0 saturated heterocycles. The van der Waals surface area contributed by atoms with Crippen molar-refractivity contribution in [1.29, 1.82) is 0 Å². The lowest BCUT2D eigenvalue weighted by Gasteiger charge is -2.28. The predicted molar refractivity (Wildman–Crippen MR) is 375 cm³/mol. The van der Waals surface area contributed by atoms with Crippen LogP contribution in [0.2, 0.25) is 0 Å². The molecular weight excluding hydrogens is 1310 g/mol. The molecule has 1 aliphatic rings. The van der Waals surface area contributed by atoms with E-state index in [9.17, 15) is 87.5 Å². The van der Waals surface area contributed by atoms with Crippen LogP contribution in [0.15, 0.2) is 24.3 Å².